The Labute approximate surface area is 218 Å². The standard InChI is InChI=1S/C27H35N3O6S/c1-6-16-30-22(24(25(31)32)21(7-2)28-30)17-18-12-14-19(15-13-18)20-10-8-9-11-23(20)37(34,35)29-26(33)36-27(3,4)5/h8-15,21,28H,6-7,16-17H2,1-5H3,(H,29,33)(H,31,32). The largest absolute Gasteiger partial charge is 0.478 e. The highest BCUT2D eigenvalue weighted by Gasteiger charge is 2.33. The highest BCUT2D eigenvalue weighted by Crippen LogP contribution is 2.30. The van der Waals surface area contributed by atoms with E-state index in [9.17, 15) is 23.1 Å². The Morgan fingerprint density at radius 1 is 1.08 bits per heavy atom. The molecule has 200 valence electrons. The van der Waals surface area contributed by atoms with E-state index in [1.807, 2.05) is 35.7 Å². The van der Waals surface area contributed by atoms with Gasteiger partial charge in [0.2, 0.25) is 0 Å². The lowest BCUT2D eigenvalue weighted by Gasteiger charge is -2.23. The van der Waals surface area contributed by atoms with E-state index in [0.717, 1.165) is 17.7 Å². The first-order valence-electron chi connectivity index (χ1n) is 12.3. The smallest absolute Gasteiger partial charge is 0.421 e. The van der Waals surface area contributed by atoms with Crippen LogP contribution in [0, 0.1) is 0 Å². The number of carboxylic acids is 1. The first kappa shape index (κ1) is 28.2. The summed E-state index contributed by atoms with van der Waals surface area (Å²) in [6.45, 7) is 9.63. The molecule has 1 heterocycles. The maximum Gasteiger partial charge on any atom is 0.421 e. The van der Waals surface area contributed by atoms with E-state index in [-0.39, 0.29) is 10.9 Å². The SMILES string of the molecule is CCCN1NC(CC)C(C(=O)O)=C1Cc1ccc(-c2ccccc2S(=O)(=O)NC(=O)OC(C)(C)C)cc1. The van der Waals surface area contributed by atoms with Crippen LogP contribution in [-0.4, -0.2) is 48.8 Å². The molecule has 1 aliphatic heterocycles. The third-order valence-corrected chi connectivity index (χ3v) is 7.18. The topological polar surface area (TPSA) is 125 Å². The van der Waals surface area contributed by atoms with Crippen molar-refractivity contribution in [1.29, 1.82) is 0 Å². The predicted octanol–water partition coefficient (Wildman–Crippen LogP) is 4.46. The number of nitrogens with zero attached hydrogens (tertiary/aromatic N) is 1. The van der Waals surface area contributed by atoms with Crippen LogP contribution in [0.4, 0.5) is 4.79 Å². The van der Waals surface area contributed by atoms with Gasteiger partial charge in [-0.1, -0.05) is 56.3 Å². The van der Waals surface area contributed by atoms with Gasteiger partial charge in [0.05, 0.1) is 16.5 Å². The Kier molecular flexibility index (Phi) is 8.65. The van der Waals surface area contributed by atoms with Gasteiger partial charge in [0.15, 0.2) is 0 Å². The third kappa shape index (κ3) is 6.90. The van der Waals surface area contributed by atoms with Crippen LogP contribution in [0.25, 0.3) is 11.1 Å². The number of sulfonamides is 1. The maximum atomic E-state index is 13.0. The third-order valence-electron chi connectivity index (χ3n) is 5.81. The molecule has 2 aromatic rings. The van der Waals surface area contributed by atoms with Crippen molar-refractivity contribution in [2.24, 2.45) is 0 Å². The molecule has 0 saturated carbocycles. The number of carboxylic acid groups (broad SMARTS) is 1. The summed E-state index contributed by atoms with van der Waals surface area (Å²) in [6.07, 6.45) is 0.895. The molecular formula is C27H35N3O6S. The van der Waals surface area contributed by atoms with Gasteiger partial charge in [-0.25, -0.2) is 28.2 Å². The van der Waals surface area contributed by atoms with E-state index in [1.54, 1.807) is 51.1 Å². The van der Waals surface area contributed by atoms with Crippen molar-refractivity contribution < 1.29 is 27.9 Å². The summed E-state index contributed by atoms with van der Waals surface area (Å²) in [5.41, 5.74) is 5.53. The minimum absolute atomic E-state index is 0.0515. The molecule has 1 amide bonds. The monoisotopic (exact) mass is 529 g/mol. The van der Waals surface area contributed by atoms with Crippen LogP contribution < -0.4 is 10.1 Å². The first-order chi connectivity index (χ1) is 17.4. The van der Waals surface area contributed by atoms with Crippen LogP contribution in [-0.2, 0) is 26.0 Å². The number of hydrogen-bond acceptors (Lipinski definition) is 7. The minimum atomic E-state index is -4.19. The van der Waals surface area contributed by atoms with Gasteiger partial charge in [0, 0.05) is 24.2 Å². The number of hydrazine groups is 1. The fraction of sp³-hybridized carbons (Fsp3) is 0.407. The molecule has 1 atom stereocenters. The fourth-order valence-electron chi connectivity index (χ4n) is 4.26. The molecule has 10 heteroatoms. The average molecular weight is 530 g/mol. The lowest BCUT2D eigenvalue weighted by molar-refractivity contribution is -0.133. The van der Waals surface area contributed by atoms with Gasteiger partial charge in [0.1, 0.15) is 5.60 Å². The highest BCUT2D eigenvalue weighted by atomic mass is 32.2. The molecule has 3 rings (SSSR count). The molecule has 1 unspecified atom stereocenters. The Morgan fingerprint density at radius 3 is 2.30 bits per heavy atom. The van der Waals surface area contributed by atoms with Gasteiger partial charge in [0.25, 0.3) is 10.0 Å². The van der Waals surface area contributed by atoms with Crippen LogP contribution >= 0.6 is 0 Å². The van der Waals surface area contributed by atoms with Crippen molar-refractivity contribution in [2.45, 2.75) is 70.4 Å². The van der Waals surface area contributed by atoms with Gasteiger partial charge < -0.3 is 14.9 Å². The second kappa shape index (κ2) is 11.4. The average Bonchev–Trinajstić information content (AvgIpc) is 3.15. The molecule has 1 aliphatic rings. The highest BCUT2D eigenvalue weighted by molar-refractivity contribution is 7.90. The van der Waals surface area contributed by atoms with E-state index >= 15 is 0 Å². The summed E-state index contributed by atoms with van der Waals surface area (Å²) in [7, 11) is -4.19. The molecule has 0 bridgehead atoms. The fourth-order valence-corrected chi connectivity index (χ4v) is 5.36. The number of ether oxygens (including phenoxy) is 1. The Hall–Kier alpha value is -3.37. The summed E-state index contributed by atoms with van der Waals surface area (Å²) in [4.78, 5) is 24.1. The summed E-state index contributed by atoms with van der Waals surface area (Å²) in [6, 6.07) is 13.5. The summed E-state index contributed by atoms with van der Waals surface area (Å²) >= 11 is 0. The zero-order chi connectivity index (χ0) is 27.4. The van der Waals surface area contributed by atoms with Gasteiger partial charge in [-0.05, 0) is 50.8 Å². The molecule has 0 fully saturated rings. The molecule has 0 aromatic heterocycles. The van der Waals surface area contributed by atoms with Crippen LogP contribution in [0.2, 0.25) is 0 Å². The van der Waals surface area contributed by atoms with Crippen molar-refractivity contribution in [3.05, 3.63) is 65.4 Å². The van der Waals surface area contributed by atoms with Gasteiger partial charge in [-0.15, -0.1) is 0 Å². The predicted molar refractivity (Wildman–Crippen MR) is 141 cm³/mol. The number of rotatable bonds is 9. The van der Waals surface area contributed by atoms with Crippen LogP contribution in [0.1, 0.15) is 53.0 Å². The van der Waals surface area contributed by atoms with Crippen molar-refractivity contribution in [1.82, 2.24) is 15.2 Å². The summed E-state index contributed by atoms with van der Waals surface area (Å²) in [5.74, 6) is -0.929. The van der Waals surface area contributed by atoms with E-state index in [1.165, 1.54) is 6.07 Å². The Bertz CT molecular complexity index is 1280. The molecule has 3 N–H and O–H groups in total. The van der Waals surface area contributed by atoms with Gasteiger partial charge in [-0.3, -0.25) is 0 Å². The van der Waals surface area contributed by atoms with Crippen LogP contribution in [0.5, 0.6) is 0 Å². The second-order valence-corrected chi connectivity index (χ2v) is 11.5. The Morgan fingerprint density at radius 2 is 1.73 bits per heavy atom. The molecule has 2 aromatic carbocycles. The van der Waals surface area contributed by atoms with Crippen LogP contribution in [0.3, 0.4) is 0 Å². The lowest BCUT2D eigenvalue weighted by atomic mass is 9.98. The normalized spacial score (nSPS) is 16.1. The maximum absolute atomic E-state index is 13.0. The van der Waals surface area contributed by atoms with E-state index in [0.29, 0.717) is 36.1 Å². The number of benzene rings is 2. The lowest BCUT2D eigenvalue weighted by Crippen LogP contribution is -2.38. The summed E-state index contributed by atoms with van der Waals surface area (Å²) < 4.78 is 33.1. The van der Waals surface area contributed by atoms with Crippen LogP contribution in [0.15, 0.2) is 64.7 Å². The van der Waals surface area contributed by atoms with E-state index in [2.05, 4.69) is 5.43 Å². The van der Waals surface area contributed by atoms with Crippen molar-refractivity contribution >= 4 is 22.1 Å². The zero-order valence-corrected chi connectivity index (χ0v) is 22.7. The molecule has 37 heavy (non-hydrogen) atoms. The number of nitrogens with one attached hydrogen (secondary N) is 2. The van der Waals surface area contributed by atoms with Crippen molar-refractivity contribution in [3.8, 4) is 11.1 Å². The van der Waals surface area contributed by atoms with Crippen molar-refractivity contribution in [3.63, 3.8) is 0 Å². The quantitative estimate of drug-likeness (QED) is 0.435. The molecule has 0 saturated heterocycles. The number of carbonyl (C=O) groups is 2. The van der Waals surface area contributed by atoms with E-state index < -0.39 is 27.7 Å². The Balaban J connectivity index is 1.89. The molecular weight excluding hydrogens is 494 g/mol. The van der Waals surface area contributed by atoms with Gasteiger partial charge in [-0.2, -0.15) is 0 Å². The number of hydrogen-bond donors (Lipinski definition) is 3. The molecule has 0 radical (unpaired) electrons. The van der Waals surface area contributed by atoms with Crippen molar-refractivity contribution in [2.75, 3.05) is 6.54 Å². The number of carbonyl (C=O) groups excluding carboxylic acids is 1. The van der Waals surface area contributed by atoms with Gasteiger partial charge >= 0.3 is 12.1 Å². The van der Waals surface area contributed by atoms with E-state index in [4.69, 9.17) is 4.74 Å². The molecule has 0 spiro atoms. The second-order valence-electron chi connectivity index (χ2n) is 9.88. The number of aliphatic carboxylic acids is 1. The zero-order valence-electron chi connectivity index (χ0n) is 21.9. The molecule has 0 aliphatic carbocycles. The molecule has 9 nitrogen and oxygen atoms in total. The first-order valence-corrected chi connectivity index (χ1v) is 13.8. The minimum Gasteiger partial charge on any atom is -0.478 e. The number of allylic oxidation sites excluding steroid dienone is 1. The summed E-state index contributed by atoms with van der Waals surface area (Å²) in [5, 5.41) is 11.8. The number of amides is 1.